The number of aliphatic hydroxyl groups is 1. The Morgan fingerprint density at radius 3 is 2.53 bits per heavy atom. The molecule has 30 heavy (non-hydrogen) atoms. The number of Topliss-reactive ketones (excluding diaryl/α,β-unsaturated/α-hetero) is 1. The summed E-state index contributed by atoms with van der Waals surface area (Å²) in [6.45, 7) is 0.982. The summed E-state index contributed by atoms with van der Waals surface area (Å²) in [4.78, 5) is 29.8. The maximum absolute atomic E-state index is 13.4. The first-order chi connectivity index (χ1) is 14.4. The smallest absolute Gasteiger partial charge is 0.290 e. The van der Waals surface area contributed by atoms with Gasteiger partial charge in [0.1, 0.15) is 5.58 Å². The van der Waals surface area contributed by atoms with Crippen molar-refractivity contribution in [1.29, 1.82) is 0 Å². The fourth-order valence-corrected chi connectivity index (χ4v) is 4.00. The van der Waals surface area contributed by atoms with E-state index in [0.717, 1.165) is 14.5 Å². The molecule has 2 aromatic carbocycles. The van der Waals surface area contributed by atoms with Crippen LogP contribution in [0.15, 0.2) is 70.3 Å². The van der Waals surface area contributed by atoms with E-state index >= 15 is 0 Å². The number of hydrogen-bond donors (Lipinski definition) is 1. The van der Waals surface area contributed by atoms with E-state index in [-0.39, 0.29) is 11.3 Å². The van der Waals surface area contributed by atoms with Crippen molar-refractivity contribution < 1.29 is 19.1 Å². The van der Waals surface area contributed by atoms with Crippen molar-refractivity contribution in [3.8, 4) is 0 Å². The first-order valence-electron chi connectivity index (χ1n) is 9.54. The molecule has 0 aliphatic carbocycles. The summed E-state index contributed by atoms with van der Waals surface area (Å²) in [6, 6.07) is 15.9. The molecule has 1 unspecified atom stereocenters. The summed E-state index contributed by atoms with van der Waals surface area (Å²) < 4.78 is 6.77. The number of nitrogens with zero attached hydrogens (tertiary/aromatic N) is 2. The number of halogens is 1. The summed E-state index contributed by atoms with van der Waals surface area (Å²) in [5.74, 6) is -1.42. The Balaban J connectivity index is 1.78. The van der Waals surface area contributed by atoms with Gasteiger partial charge < -0.3 is 19.3 Å². The summed E-state index contributed by atoms with van der Waals surface area (Å²) in [5.41, 5.74) is 1.41. The molecule has 154 valence electrons. The minimum Gasteiger partial charge on any atom is -0.503 e. The fraction of sp³-hybridized carbons (Fsp3) is 0.217. The Bertz CT molecular complexity index is 1110. The Kier molecular flexibility index (Phi) is 5.66. The molecule has 1 amide bonds. The number of aliphatic hydroxyl groups excluding tert-OH is 1. The molecule has 4 rings (SSSR count). The number of hydrogen-bond acceptors (Lipinski definition) is 5. The molecule has 1 atom stereocenters. The summed E-state index contributed by atoms with van der Waals surface area (Å²) in [6.07, 6.45) is 0. The standard InChI is InChI=1S/C23H21IN2O4/c1-25(2)11-12-26-20(14-7-9-16(24)10-8-14)19(22(28)23(26)29)21(27)18-13-15-5-3-4-6-17(15)30-18/h3-10,13,20,28H,11-12H2,1-2H3. The lowest BCUT2D eigenvalue weighted by molar-refractivity contribution is -0.129. The van der Waals surface area contributed by atoms with Gasteiger partial charge in [-0.1, -0.05) is 30.3 Å². The number of benzene rings is 2. The molecule has 7 heteroatoms. The number of carbonyl (C=O) groups excluding carboxylic acids is 2. The van der Waals surface area contributed by atoms with Crippen LogP contribution in [0, 0.1) is 3.57 Å². The van der Waals surface area contributed by atoms with E-state index < -0.39 is 23.5 Å². The van der Waals surface area contributed by atoms with Gasteiger partial charge in [0.25, 0.3) is 5.91 Å². The van der Waals surface area contributed by atoms with Crippen LogP contribution < -0.4 is 0 Å². The minimum atomic E-state index is -0.671. The van der Waals surface area contributed by atoms with Gasteiger partial charge in [-0.15, -0.1) is 0 Å². The topological polar surface area (TPSA) is 74.0 Å². The van der Waals surface area contributed by atoms with Crippen LogP contribution in [0.3, 0.4) is 0 Å². The normalized spacial score (nSPS) is 16.9. The zero-order chi connectivity index (χ0) is 21.4. The molecule has 0 bridgehead atoms. The molecule has 1 aromatic heterocycles. The minimum absolute atomic E-state index is 0.0546. The zero-order valence-electron chi connectivity index (χ0n) is 16.6. The van der Waals surface area contributed by atoms with Crippen LogP contribution in [0.4, 0.5) is 0 Å². The average Bonchev–Trinajstić information content (AvgIpc) is 3.26. The van der Waals surface area contributed by atoms with Gasteiger partial charge in [-0.05, 0) is 66.5 Å². The largest absolute Gasteiger partial charge is 0.503 e. The van der Waals surface area contributed by atoms with Gasteiger partial charge >= 0.3 is 0 Å². The van der Waals surface area contributed by atoms with Crippen molar-refractivity contribution in [2.75, 3.05) is 27.2 Å². The van der Waals surface area contributed by atoms with Gasteiger partial charge in [-0.25, -0.2) is 0 Å². The highest BCUT2D eigenvalue weighted by molar-refractivity contribution is 14.1. The maximum Gasteiger partial charge on any atom is 0.290 e. The number of likely N-dealkylation sites (N-methyl/N-ethyl adjacent to an activating group) is 1. The second-order valence-electron chi connectivity index (χ2n) is 7.50. The summed E-state index contributed by atoms with van der Waals surface area (Å²) >= 11 is 2.20. The van der Waals surface area contributed by atoms with Crippen LogP contribution in [0.1, 0.15) is 22.2 Å². The van der Waals surface area contributed by atoms with Gasteiger partial charge in [-0.3, -0.25) is 9.59 Å². The predicted octanol–water partition coefficient (Wildman–Crippen LogP) is 4.18. The van der Waals surface area contributed by atoms with Crippen LogP contribution in [0.2, 0.25) is 0 Å². The first kappa shape index (κ1) is 20.6. The van der Waals surface area contributed by atoms with Crippen LogP contribution >= 0.6 is 22.6 Å². The highest BCUT2D eigenvalue weighted by Gasteiger charge is 2.44. The van der Waals surface area contributed by atoms with Crippen molar-refractivity contribution in [3.05, 3.63) is 80.8 Å². The van der Waals surface area contributed by atoms with Crippen molar-refractivity contribution in [2.45, 2.75) is 6.04 Å². The SMILES string of the molecule is CN(C)CCN1C(=O)C(O)=C(C(=O)c2cc3ccccc3o2)C1c1ccc(I)cc1. The lowest BCUT2D eigenvalue weighted by Gasteiger charge is -2.27. The molecule has 1 aliphatic rings. The number of para-hydroxylation sites is 1. The first-order valence-corrected chi connectivity index (χ1v) is 10.6. The van der Waals surface area contributed by atoms with Gasteiger partial charge in [0.05, 0.1) is 11.6 Å². The van der Waals surface area contributed by atoms with Gasteiger partial charge in [0.2, 0.25) is 5.78 Å². The van der Waals surface area contributed by atoms with Gasteiger partial charge in [-0.2, -0.15) is 0 Å². The zero-order valence-corrected chi connectivity index (χ0v) is 18.8. The molecule has 2 heterocycles. The molecule has 0 saturated heterocycles. The third-order valence-electron chi connectivity index (χ3n) is 5.17. The van der Waals surface area contributed by atoms with Crippen molar-refractivity contribution >= 4 is 45.3 Å². The average molecular weight is 516 g/mol. The molecule has 1 N–H and O–H groups in total. The molecule has 0 spiro atoms. The second kappa shape index (κ2) is 8.23. The molecule has 0 fully saturated rings. The highest BCUT2D eigenvalue weighted by atomic mass is 127. The monoisotopic (exact) mass is 516 g/mol. The molecule has 0 radical (unpaired) electrons. The lowest BCUT2D eigenvalue weighted by atomic mass is 9.95. The summed E-state index contributed by atoms with van der Waals surface area (Å²) in [5, 5.41) is 11.5. The number of rotatable bonds is 6. The van der Waals surface area contributed by atoms with Crippen molar-refractivity contribution in [2.24, 2.45) is 0 Å². The second-order valence-corrected chi connectivity index (χ2v) is 8.74. The van der Waals surface area contributed by atoms with Crippen LogP contribution in [-0.4, -0.2) is 53.8 Å². The van der Waals surface area contributed by atoms with E-state index in [0.29, 0.717) is 18.7 Å². The third kappa shape index (κ3) is 3.75. The predicted molar refractivity (Wildman–Crippen MR) is 122 cm³/mol. The molecule has 6 nitrogen and oxygen atoms in total. The molecule has 3 aromatic rings. The van der Waals surface area contributed by atoms with Gasteiger partial charge in [0.15, 0.2) is 11.5 Å². The number of fused-ring (bicyclic) bond motifs is 1. The number of carbonyl (C=O) groups is 2. The molecule has 0 saturated carbocycles. The Morgan fingerprint density at radius 1 is 1.17 bits per heavy atom. The summed E-state index contributed by atoms with van der Waals surface area (Å²) in [7, 11) is 3.82. The molecular weight excluding hydrogens is 495 g/mol. The Morgan fingerprint density at radius 2 is 1.87 bits per heavy atom. The maximum atomic E-state index is 13.4. The van der Waals surface area contributed by atoms with E-state index in [9.17, 15) is 14.7 Å². The third-order valence-corrected chi connectivity index (χ3v) is 5.89. The van der Waals surface area contributed by atoms with E-state index in [1.807, 2.05) is 61.5 Å². The Labute approximate surface area is 187 Å². The lowest BCUT2D eigenvalue weighted by Crippen LogP contribution is -2.36. The van der Waals surface area contributed by atoms with Crippen LogP contribution in [-0.2, 0) is 4.79 Å². The van der Waals surface area contributed by atoms with Crippen LogP contribution in [0.5, 0.6) is 0 Å². The van der Waals surface area contributed by atoms with Crippen LogP contribution in [0.25, 0.3) is 11.0 Å². The quantitative estimate of drug-likeness (QED) is 0.393. The number of furan rings is 1. The van der Waals surface area contributed by atoms with E-state index in [1.54, 1.807) is 17.0 Å². The van der Waals surface area contributed by atoms with E-state index in [4.69, 9.17) is 4.42 Å². The number of amides is 1. The van der Waals surface area contributed by atoms with E-state index in [1.165, 1.54) is 0 Å². The molecular formula is C23H21IN2O4. The highest BCUT2D eigenvalue weighted by Crippen LogP contribution is 2.39. The Hall–Kier alpha value is -2.65. The van der Waals surface area contributed by atoms with Crippen molar-refractivity contribution in [1.82, 2.24) is 9.80 Å². The van der Waals surface area contributed by atoms with E-state index in [2.05, 4.69) is 22.6 Å². The molecule has 1 aliphatic heterocycles. The van der Waals surface area contributed by atoms with Gasteiger partial charge in [0, 0.05) is 22.0 Å². The van der Waals surface area contributed by atoms with Crippen molar-refractivity contribution in [3.63, 3.8) is 0 Å². The fourth-order valence-electron chi connectivity index (χ4n) is 3.64. The number of ketones is 1.